The third-order valence-electron chi connectivity index (χ3n) is 3.74. The van der Waals surface area contributed by atoms with Gasteiger partial charge in [-0.15, -0.1) is 0 Å². The molecule has 1 heterocycles. The van der Waals surface area contributed by atoms with Crippen molar-refractivity contribution in [3.63, 3.8) is 0 Å². The summed E-state index contributed by atoms with van der Waals surface area (Å²) < 4.78 is 15.0. The predicted molar refractivity (Wildman–Crippen MR) is 103 cm³/mol. The Balaban J connectivity index is 1.57. The highest BCUT2D eigenvalue weighted by Gasteiger charge is 2.03. The smallest absolute Gasteiger partial charge is 0.175 e. The van der Waals surface area contributed by atoms with Crippen LogP contribution in [0.1, 0.15) is 18.1 Å². The molecule has 0 aliphatic heterocycles. The number of nitrogens with one attached hydrogen (secondary N) is 2. The predicted octanol–water partition coefficient (Wildman–Crippen LogP) is 4.44. The molecule has 128 valence electrons. The molecule has 0 radical (unpaired) electrons. The van der Waals surface area contributed by atoms with Gasteiger partial charge < -0.3 is 10.6 Å². The second-order valence-electron chi connectivity index (χ2n) is 5.69. The molecule has 0 unspecified atom stereocenters. The van der Waals surface area contributed by atoms with Gasteiger partial charge in [0.2, 0.25) is 0 Å². The minimum Gasteiger partial charge on any atom is -0.332 e. The molecule has 0 fully saturated rings. The van der Waals surface area contributed by atoms with Gasteiger partial charge in [-0.1, -0.05) is 31.2 Å². The topological polar surface area (TPSA) is 41.9 Å². The molecule has 0 aliphatic rings. The van der Waals surface area contributed by atoms with E-state index in [-0.39, 0.29) is 5.82 Å². The van der Waals surface area contributed by atoms with E-state index in [1.165, 1.54) is 17.7 Å². The number of anilines is 2. The Kier molecular flexibility index (Phi) is 5.40. The molecule has 0 saturated carbocycles. The van der Waals surface area contributed by atoms with Crippen molar-refractivity contribution in [2.24, 2.45) is 0 Å². The summed E-state index contributed by atoms with van der Waals surface area (Å²) in [5.74, 6) is -0.248. The maximum absolute atomic E-state index is 13.2. The fraction of sp³-hybridized carbons (Fsp3) is 0.158. The number of aromatic nitrogens is 2. The van der Waals surface area contributed by atoms with Gasteiger partial charge in [-0.2, -0.15) is 5.10 Å². The fourth-order valence-corrected chi connectivity index (χ4v) is 2.69. The second-order valence-corrected chi connectivity index (χ2v) is 6.09. The first kappa shape index (κ1) is 17.1. The first-order valence-corrected chi connectivity index (χ1v) is 8.47. The van der Waals surface area contributed by atoms with E-state index < -0.39 is 0 Å². The molecule has 1 aromatic heterocycles. The van der Waals surface area contributed by atoms with E-state index in [1.54, 1.807) is 16.9 Å². The van der Waals surface area contributed by atoms with Gasteiger partial charge in [0.15, 0.2) is 5.11 Å². The number of halogens is 1. The average molecular weight is 354 g/mol. The summed E-state index contributed by atoms with van der Waals surface area (Å²) in [7, 11) is 0. The summed E-state index contributed by atoms with van der Waals surface area (Å²) >= 11 is 5.33. The quantitative estimate of drug-likeness (QED) is 0.665. The summed E-state index contributed by atoms with van der Waals surface area (Å²) in [6, 6.07) is 14.6. The van der Waals surface area contributed by atoms with Crippen LogP contribution in [0.4, 0.5) is 15.8 Å². The molecule has 2 N–H and O–H groups in total. The second kappa shape index (κ2) is 7.90. The molecule has 3 aromatic rings. The minimum absolute atomic E-state index is 0.248. The highest BCUT2D eigenvalue weighted by molar-refractivity contribution is 7.80. The standard InChI is InChI=1S/C19H19FN4S/c1-2-14-6-8-17(9-7-14)22-19(25)23-18-11-21-24(13-18)12-15-4-3-5-16(20)10-15/h3-11,13H,2,12H2,1H3,(H2,22,23,25). The van der Waals surface area contributed by atoms with Crippen molar-refractivity contribution in [3.8, 4) is 0 Å². The third-order valence-corrected chi connectivity index (χ3v) is 3.95. The fourth-order valence-electron chi connectivity index (χ4n) is 2.45. The molecule has 0 spiro atoms. The van der Waals surface area contributed by atoms with Crippen LogP contribution in [0.2, 0.25) is 0 Å². The Morgan fingerprint density at radius 1 is 1.08 bits per heavy atom. The van der Waals surface area contributed by atoms with Crippen molar-refractivity contribution in [1.29, 1.82) is 0 Å². The van der Waals surface area contributed by atoms with E-state index in [0.717, 1.165) is 23.4 Å². The highest BCUT2D eigenvalue weighted by atomic mass is 32.1. The van der Waals surface area contributed by atoms with Crippen LogP contribution in [0.3, 0.4) is 0 Å². The summed E-state index contributed by atoms with van der Waals surface area (Å²) in [4.78, 5) is 0. The van der Waals surface area contributed by atoms with Gasteiger partial charge in [0.1, 0.15) is 5.82 Å². The monoisotopic (exact) mass is 354 g/mol. The first-order valence-electron chi connectivity index (χ1n) is 8.06. The molecule has 0 aliphatic carbocycles. The normalized spacial score (nSPS) is 10.5. The van der Waals surface area contributed by atoms with E-state index in [2.05, 4.69) is 34.8 Å². The van der Waals surface area contributed by atoms with Crippen LogP contribution in [-0.2, 0) is 13.0 Å². The van der Waals surface area contributed by atoms with Crippen molar-refractivity contribution in [2.75, 3.05) is 10.6 Å². The zero-order valence-corrected chi connectivity index (χ0v) is 14.7. The SMILES string of the molecule is CCc1ccc(NC(=S)Nc2cnn(Cc3cccc(F)c3)c2)cc1. The molecular formula is C19H19FN4S. The zero-order valence-electron chi connectivity index (χ0n) is 13.9. The van der Waals surface area contributed by atoms with Crippen LogP contribution in [0.25, 0.3) is 0 Å². The van der Waals surface area contributed by atoms with E-state index >= 15 is 0 Å². The summed E-state index contributed by atoms with van der Waals surface area (Å²) in [5, 5.41) is 11.0. The largest absolute Gasteiger partial charge is 0.332 e. The number of hydrogen-bond acceptors (Lipinski definition) is 2. The third kappa shape index (κ3) is 4.87. The molecule has 0 bridgehead atoms. The lowest BCUT2D eigenvalue weighted by molar-refractivity contribution is 0.619. The number of thiocarbonyl (C=S) groups is 1. The van der Waals surface area contributed by atoms with Crippen LogP contribution in [-0.4, -0.2) is 14.9 Å². The molecule has 25 heavy (non-hydrogen) atoms. The Labute approximate surface area is 151 Å². The van der Waals surface area contributed by atoms with Gasteiger partial charge in [-0.25, -0.2) is 4.39 Å². The number of aryl methyl sites for hydroxylation is 1. The van der Waals surface area contributed by atoms with E-state index in [1.807, 2.05) is 24.4 Å². The zero-order chi connectivity index (χ0) is 17.6. The molecule has 6 heteroatoms. The van der Waals surface area contributed by atoms with Gasteiger partial charge in [0, 0.05) is 11.9 Å². The molecule has 3 rings (SSSR count). The maximum atomic E-state index is 13.2. The molecule has 4 nitrogen and oxygen atoms in total. The van der Waals surface area contributed by atoms with Crippen LogP contribution in [0.15, 0.2) is 60.9 Å². The Hall–Kier alpha value is -2.73. The van der Waals surface area contributed by atoms with Crippen molar-refractivity contribution in [1.82, 2.24) is 9.78 Å². The Morgan fingerprint density at radius 3 is 2.56 bits per heavy atom. The number of nitrogens with zero attached hydrogens (tertiary/aromatic N) is 2. The van der Waals surface area contributed by atoms with Crippen molar-refractivity contribution in [3.05, 3.63) is 77.9 Å². The van der Waals surface area contributed by atoms with Crippen molar-refractivity contribution >= 4 is 28.7 Å². The van der Waals surface area contributed by atoms with Crippen molar-refractivity contribution < 1.29 is 4.39 Å². The highest BCUT2D eigenvalue weighted by Crippen LogP contribution is 2.12. The van der Waals surface area contributed by atoms with E-state index in [4.69, 9.17) is 12.2 Å². The van der Waals surface area contributed by atoms with Crippen LogP contribution >= 0.6 is 12.2 Å². The lowest BCUT2D eigenvalue weighted by Gasteiger charge is -2.09. The average Bonchev–Trinajstić information content (AvgIpc) is 3.02. The van der Waals surface area contributed by atoms with Crippen LogP contribution in [0, 0.1) is 5.82 Å². The molecule has 0 atom stereocenters. The van der Waals surface area contributed by atoms with Crippen molar-refractivity contribution in [2.45, 2.75) is 19.9 Å². The minimum atomic E-state index is -0.248. The van der Waals surface area contributed by atoms with Gasteiger partial charge >= 0.3 is 0 Å². The lowest BCUT2D eigenvalue weighted by Crippen LogP contribution is -2.18. The summed E-state index contributed by atoms with van der Waals surface area (Å²) in [5.41, 5.74) is 3.84. The van der Waals surface area contributed by atoms with Crippen LogP contribution in [0.5, 0.6) is 0 Å². The summed E-state index contributed by atoms with van der Waals surface area (Å²) in [6.45, 7) is 2.62. The molecule has 0 saturated heterocycles. The Bertz CT molecular complexity index is 858. The van der Waals surface area contributed by atoms with Gasteiger partial charge in [-0.3, -0.25) is 4.68 Å². The Morgan fingerprint density at radius 2 is 1.84 bits per heavy atom. The number of benzene rings is 2. The lowest BCUT2D eigenvalue weighted by atomic mass is 10.1. The van der Waals surface area contributed by atoms with Crippen LogP contribution < -0.4 is 10.6 Å². The number of rotatable bonds is 5. The number of hydrogen-bond donors (Lipinski definition) is 2. The first-order chi connectivity index (χ1) is 12.1. The molecular weight excluding hydrogens is 335 g/mol. The molecule has 2 aromatic carbocycles. The van der Waals surface area contributed by atoms with E-state index in [9.17, 15) is 4.39 Å². The van der Waals surface area contributed by atoms with E-state index in [0.29, 0.717) is 11.7 Å². The summed E-state index contributed by atoms with van der Waals surface area (Å²) in [6.07, 6.45) is 4.53. The van der Waals surface area contributed by atoms with Gasteiger partial charge in [-0.05, 0) is 54.0 Å². The molecule has 0 amide bonds. The van der Waals surface area contributed by atoms with Gasteiger partial charge in [0.25, 0.3) is 0 Å². The van der Waals surface area contributed by atoms with Gasteiger partial charge in [0.05, 0.1) is 18.4 Å². The maximum Gasteiger partial charge on any atom is 0.175 e.